The number of amides is 2. The summed E-state index contributed by atoms with van der Waals surface area (Å²) in [6, 6.07) is 8.93. The van der Waals surface area contributed by atoms with Gasteiger partial charge in [0.15, 0.2) is 0 Å². The lowest BCUT2D eigenvalue weighted by atomic mass is 10.1. The number of methoxy groups -OCH3 is 1. The zero-order chi connectivity index (χ0) is 22.7. The first-order chi connectivity index (χ1) is 14.8. The Hall–Kier alpha value is -3.33. The summed E-state index contributed by atoms with van der Waals surface area (Å²) in [5.41, 5.74) is 3.41. The van der Waals surface area contributed by atoms with E-state index in [0.717, 1.165) is 33.6 Å². The largest absolute Gasteiger partial charge is 0.465 e. The van der Waals surface area contributed by atoms with E-state index in [1.54, 1.807) is 25.1 Å². The number of ether oxygens (including phenoxy) is 2. The molecular formula is C22H22N2O6S. The number of thioether (sulfide) groups is 1. The Morgan fingerprint density at radius 1 is 1.16 bits per heavy atom. The maximum atomic E-state index is 12.7. The SMILES string of the molecule is CCOC(=O)CN1C(=O)SC(=Cc2cc(C)n(-c3ccccc3C(=O)OC)c2C)C1=O. The Kier molecular flexibility index (Phi) is 6.65. The molecule has 0 N–H and O–H groups in total. The third kappa shape index (κ3) is 4.41. The summed E-state index contributed by atoms with van der Waals surface area (Å²) in [4.78, 5) is 49.8. The fourth-order valence-electron chi connectivity index (χ4n) is 3.37. The third-order valence-corrected chi connectivity index (χ3v) is 5.68. The summed E-state index contributed by atoms with van der Waals surface area (Å²) in [5, 5.41) is -0.519. The topological polar surface area (TPSA) is 94.9 Å². The molecule has 1 aliphatic rings. The van der Waals surface area contributed by atoms with E-state index in [0.29, 0.717) is 11.3 Å². The first-order valence-electron chi connectivity index (χ1n) is 9.56. The van der Waals surface area contributed by atoms with Crippen LogP contribution in [0.4, 0.5) is 4.79 Å². The minimum Gasteiger partial charge on any atom is -0.465 e. The molecule has 1 aromatic carbocycles. The number of benzene rings is 1. The molecule has 8 nitrogen and oxygen atoms in total. The molecule has 0 spiro atoms. The van der Waals surface area contributed by atoms with Gasteiger partial charge in [-0.25, -0.2) is 4.79 Å². The van der Waals surface area contributed by atoms with E-state index in [-0.39, 0.29) is 11.5 Å². The van der Waals surface area contributed by atoms with Crippen LogP contribution in [0.15, 0.2) is 35.2 Å². The van der Waals surface area contributed by atoms with Crippen molar-refractivity contribution in [2.24, 2.45) is 0 Å². The quantitative estimate of drug-likeness (QED) is 0.499. The standard InChI is InChI=1S/C22H22N2O6S/c1-5-30-19(25)12-23-20(26)18(31-22(23)28)11-15-10-13(2)24(14(15)3)17-9-7-6-8-16(17)21(27)29-4/h6-11H,5,12H2,1-4H3. The van der Waals surface area contributed by atoms with Crippen LogP contribution in [-0.4, -0.2) is 52.8 Å². The van der Waals surface area contributed by atoms with Gasteiger partial charge in [0.2, 0.25) is 0 Å². The number of imide groups is 1. The molecule has 2 aromatic rings. The van der Waals surface area contributed by atoms with Gasteiger partial charge in [-0.15, -0.1) is 0 Å². The van der Waals surface area contributed by atoms with Gasteiger partial charge in [-0.1, -0.05) is 12.1 Å². The van der Waals surface area contributed by atoms with Gasteiger partial charge >= 0.3 is 11.9 Å². The molecule has 0 bridgehead atoms. The van der Waals surface area contributed by atoms with E-state index < -0.39 is 29.6 Å². The molecule has 0 radical (unpaired) electrons. The van der Waals surface area contributed by atoms with Crippen LogP contribution in [0.3, 0.4) is 0 Å². The van der Waals surface area contributed by atoms with Crippen molar-refractivity contribution in [2.45, 2.75) is 20.8 Å². The number of aromatic nitrogens is 1. The van der Waals surface area contributed by atoms with Crippen LogP contribution < -0.4 is 0 Å². The average Bonchev–Trinajstić information content (AvgIpc) is 3.17. The van der Waals surface area contributed by atoms with E-state index in [9.17, 15) is 19.2 Å². The molecule has 1 fully saturated rings. The van der Waals surface area contributed by atoms with Crippen LogP contribution >= 0.6 is 11.8 Å². The normalized spacial score (nSPS) is 15.0. The van der Waals surface area contributed by atoms with Crippen molar-refractivity contribution in [3.8, 4) is 5.69 Å². The van der Waals surface area contributed by atoms with Crippen LogP contribution in [0, 0.1) is 13.8 Å². The maximum absolute atomic E-state index is 12.7. The number of carbonyl (C=O) groups excluding carboxylic acids is 4. The van der Waals surface area contributed by atoms with Gasteiger partial charge in [0.1, 0.15) is 6.54 Å². The summed E-state index contributed by atoms with van der Waals surface area (Å²) in [5.74, 6) is -1.63. The molecule has 31 heavy (non-hydrogen) atoms. The van der Waals surface area contributed by atoms with Gasteiger partial charge in [-0.2, -0.15) is 0 Å². The van der Waals surface area contributed by atoms with Crippen LogP contribution in [0.1, 0.15) is 34.2 Å². The zero-order valence-electron chi connectivity index (χ0n) is 17.6. The molecule has 9 heteroatoms. The van der Waals surface area contributed by atoms with Crippen molar-refractivity contribution in [1.29, 1.82) is 0 Å². The predicted octanol–water partition coefficient (Wildman–Crippen LogP) is 3.48. The van der Waals surface area contributed by atoms with Crippen LogP contribution in [0.2, 0.25) is 0 Å². The summed E-state index contributed by atoms with van der Waals surface area (Å²) >= 11 is 0.775. The van der Waals surface area contributed by atoms with Gasteiger partial charge in [-0.05, 0) is 62.4 Å². The third-order valence-electron chi connectivity index (χ3n) is 4.77. The average molecular weight is 442 g/mol. The first kappa shape index (κ1) is 22.4. The summed E-state index contributed by atoms with van der Waals surface area (Å²) < 4.78 is 11.6. The predicted molar refractivity (Wildman–Crippen MR) is 116 cm³/mol. The Bertz CT molecular complexity index is 1100. The molecule has 0 unspecified atom stereocenters. The number of esters is 2. The Morgan fingerprint density at radius 2 is 1.87 bits per heavy atom. The molecule has 0 saturated carbocycles. The highest BCUT2D eigenvalue weighted by Crippen LogP contribution is 2.34. The van der Waals surface area contributed by atoms with E-state index in [4.69, 9.17) is 9.47 Å². The lowest BCUT2D eigenvalue weighted by Gasteiger charge is -2.13. The molecule has 162 valence electrons. The fourth-order valence-corrected chi connectivity index (χ4v) is 4.20. The van der Waals surface area contributed by atoms with Crippen molar-refractivity contribution in [3.63, 3.8) is 0 Å². The van der Waals surface area contributed by atoms with E-state index in [1.807, 2.05) is 36.6 Å². The lowest BCUT2D eigenvalue weighted by Crippen LogP contribution is -2.34. The van der Waals surface area contributed by atoms with Gasteiger partial charge < -0.3 is 14.0 Å². The summed E-state index contributed by atoms with van der Waals surface area (Å²) in [6.07, 6.45) is 1.62. The number of nitrogens with zero attached hydrogens (tertiary/aromatic N) is 2. The number of hydrogen-bond acceptors (Lipinski definition) is 7. The van der Waals surface area contributed by atoms with Crippen molar-refractivity contribution in [2.75, 3.05) is 20.3 Å². The number of carbonyl (C=O) groups is 4. The van der Waals surface area contributed by atoms with Gasteiger partial charge in [-0.3, -0.25) is 19.3 Å². The second kappa shape index (κ2) is 9.22. The lowest BCUT2D eigenvalue weighted by molar-refractivity contribution is -0.145. The summed E-state index contributed by atoms with van der Waals surface area (Å²) in [6.45, 7) is 5.14. The van der Waals surface area contributed by atoms with Gasteiger partial charge in [0.05, 0.1) is 29.9 Å². The zero-order valence-corrected chi connectivity index (χ0v) is 18.4. The number of para-hydroxylation sites is 1. The molecule has 3 rings (SSSR count). The molecule has 2 heterocycles. The van der Waals surface area contributed by atoms with Crippen molar-refractivity contribution in [1.82, 2.24) is 9.47 Å². The van der Waals surface area contributed by atoms with Crippen LogP contribution in [0.5, 0.6) is 0 Å². The van der Waals surface area contributed by atoms with E-state index in [2.05, 4.69) is 0 Å². The minimum absolute atomic E-state index is 0.171. The number of rotatable bonds is 6. The first-order valence-corrected chi connectivity index (χ1v) is 10.4. The number of hydrogen-bond donors (Lipinski definition) is 0. The Balaban J connectivity index is 1.96. The van der Waals surface area contributed by atoms with Crippen molar-refractivity contribution < 1.29 is 28.7 Å². The Morgan fingerprint density at radius 3 is 2.55 bits per heavy atom. The molecule has 0 atom stereocenters. The monoisotopic (exact) mass is 442 g/mol. The second-order valence-corrected chi connectivity index (χ2v) is 7.74. The molecule has 1 aromatic heterocycles. The highest BCUT2D eigenvalue weighted by atomic mass is 32.2. The number of aryl methyl sites for hydroxylation is 1. The van der Waals surface area contributed by atoms with Crippen molar-refractivity contribution in [3.05, 3.63) is 57.8 Å². The van der Waals surface area contributed by atoms with Gasteiger partial charge in [0, 0.05) is 11.4 Å². The van der Waals surface area contributed by atoms with Crippen molar-refractivity contribution >= 4 is 40.9 Å². The van der Waals surface area contributed by atoms with Gasteiger partial charge in [0.25, 0.3) is 11.1 Å². The van der Waals surface area contributed by atoms with Crippen LogP contribution in [-0.2, 0) is 19.1 Å². The summed E-state index contributed by atoms with van der Waals surface area (Å²) in [7, 11) is 1.33. The second-order valence-electron chi connectivity index (χ2n) is 6.74. The molecule has 1 aliphatic heterocycles. The molecular weight excluding hydrogens is 420 g/mol. The highest BCUT2D eigenvalue weighted by Gasteiger charge is 2.36. The smallest absolute Gasteiger partial charge is 0.339 e. The minimum atomic E-state index is -0.636. The maximum Gasteiger partial charge on any atom is 0.339 e. The fraction of sp³-hybridized carbons (Fsp3) is 0.273. The molecule has 2 amide bonds. The molecule has 1 saturated heterocycles. The van der Waals surface area contributed by atoms with E-state index in [1.165, 1.54) is 7.11 Å². The highest BCUT2D eigenvalue weighted by molar-refractivity contribution is 8.18. The molecule has 0 aliphatic carbocycles. The Labute approximate surface area is 183 Å². The van der Waals surface area contributed by atoms with E-state index >= 15 is 0 Å². The van der Waals surface area contributed by atoms with Crippen LogP contribution in [0.25, 0.3) is 11.8 Å².